The highest BCUT2D eigenvalue weighted by Crippen LogP contribution is 2.16. The van der Waals surface area contributed by atoms with Crippen LogP contribution in [0.1, 0.15) is 29.6 Å². The van der Waals surface area contributed by atoms with Crippen molar-refractivity contribution in [2.24, 2.45) is 0 Å². The third-order valence-corrected chi connectivity index (χ3v) is 4.12. The molecule has 3 aromatic rings. The molecule has 6 nitrogen and oxygen atoms in total. The van der Waals surface area contributed by atoms with Crippen LogP contribution in [-0.4, -0.2) is 28.6 Å². The van der Waals surface area contributed by atoms with Crippen LogP contribution in [0.25, 0.3) is 5.69 Å². The first kappa shape index (κ1) is 18.4. The zero-order valence-corrected chi connectivity index (χ0v) is 15.1. The summed E-state index contributed by atoms with van der Waals surface area (Å²) in [5, 5.41) is 7.04. The average Bonchev–Trinajstić information content (AvgIpc) is 3.23. The van der Waals surface area contributed by atoms with Gasteiger partial charge in [-0.05, 0) is 55.0 Å². The molecule has 0 aliphatic carbocycles. The average molecular weight is 363 g/mol. The number of Topliss-reactive ketones (excluding diaryl/α,β-unsaturated/α-hetero) is 1. The number of ether oxygens (including phenoxy) is 1. The molecule has 0 aliphatic rings. The van der Waals surface area contributed by atoms with Crippen LogP contribution in [-0.2, 0) is 4.79 Å². The van der Waals surface area contributed by atoms with E-state index in [4.69, 9.17) is 4.74 Å². The molecule has 138 valence electrons. The van der Waals surface area contributed by atoms with Crippen molar-refractivity contribution >= 4 is 17.4 Å². The van der Waals surface area contributed by atoms with Gasteiger partial charge in [0.25, 0.3) is 0 Å². The molecular weight excluding hydrogens is 342 g/mol. The number of carbonyl (C=O) groups is 2. The number of nitrogens with one attached hydrogen (secondary N) is 1. The van der Waals surface area contributed by atoms with Crippen molar-refractivity contribution in [3.8, 4) is 11.4 Å². The van der Waals surface area contributed by atoms with Gasteiger partial charge < -0.3 is 10.1 Å². The Labute approximate surface area is 157 Å². The molecule has 0 radical (unpaired) electrons. The lowest BCUT2D eigenvalue weighted by molar-refractivity contribution is -0.116. The lowest BCUT2D eigenvalue weighted by Gasteiger charge is -2.08. The van der Waals surface area contributed by atoms with E-state index in [1.165, 1.54) is 0 Å². The minimum atomic E-state index is -0.116. The minimum absolute atomic E-state index is 0.0196. The Bertz CT molecular complexity index is 903. The maximum atomic E-state index is 12.2. The van der Waals surface area contributed by atoms with Crippen molar-refractivity contribution in [2.75, 3.05) is 12.4 Å². The number of anilines is 1. The van der Waals surface area contributed by atoms with Gasteiger partial charge >= 0.3 is 0 Å². The Morgan fingerprint density at radius 1 is 1.07 bits per heavy atom. The summed E-state index contributed by atoms with van der Waals surface area (Å²) in [5.74, 6) is 0.615. The molecule has 2 aromatic carbocycles. The Kier molecular flexibility index (Phi) is 5.99. The molecule has 1 N–H and O–H groups in total. The van der Waals surface area contributed by atoms with Crippen molar-refractivity contribution in [3.63, 3.8) is 0 Å². The van der Waals surface area contributed by atoms with Crippen molar-refractivity contribution in [3.05, 3.63) is 72.6 Å². The monoisotopic (exact) mass is 363 g/mol. The zero-order valence-electron chi connectivity index (χ0n) is 15.1. The molecule has 1 heterocycles. The second-order valence-corrected chi connectivity index (χ2v) is 6.05. The standard InChI is InChI=1S/C21H21N3O3/c1-27-19-11-9-16(10-12-19)20(25)7-3-8-21(26)23-17-5-2-6-18(15-17)24-14-4-13-22-24/h2,4-6,9-15H,3,7-8H2,1H3,(H,23,26). The van der Waals surface area contributed by atoms with E-state index in [1.807, 2.05) is 36.5 Å². The van der Waals surface area contributed by atoms with Crippen LogP contribution >= 0.6 is 0 Å². The molecular formula is C21H21N3O3. The molecule has 6 heteroatoms. The SMILES string of the molecule is COc1ccc(C(=O)CCCC(=O)Nc2cccc(-n3cccn3)c2)cc1. The fraction of sp³-hybridized carbons (Fsp3) is 0.190. The van der Waals surface area contributed by atoms with Gasteiger partial charge in [-0.15, -0.1) is 0 Å². The Morgan fingerprint density at radius 2 is 1.89 bits per heavy atom. The van der Waals surface area contributed by atoms with Gasteiger partial charge in [0.05, 0.1) is 12.8 Å². The van der Waals surface area contributed by atoms with Crippen molar-refractivity contribution in [1.82, 2.24) is 9.78 Å². The molecule has 3 rings (SSSR count). The molecule has 0 saturated heterocycles. The summed E-state index contributed by atoms with van der Waals surface area (Å²) < 4.78 is 6.81. The van der Waals surface area contributed by atoms with Gasteiger partial charge in [0, 0.05) is 36.5 Å². The van der Waals surface area contributed by atoms with Gasteiger partial charge in [-0.1, -0.05) is 6.07 Å². The molecule has 0 bridgehead atoms. The number of hydrogen-bond donors (Lipinski definition) is 1. The van der Waals surface area contributed by atoms with Crippen LogP contribution in [0.4, 0.5) is 5.69 Å². The number of amides is 1. The second-order valence-electron chi connectivity index (χ2n) is 6.05. The first-order valence-corrected chi connectivity index (χ1v) is 8.73. The summed E-state index contributed by atoms with van der Waals surface area (Å²) in [6, 6.07) is 16.3. The van der Waals surface area contributed by atoms with Gasteiger partial charge in [0.15, 0.2) is 5.78 Å². The van der Waals surface area contributed by atoms with Crippen LogP contribution in [0, 0.1) is 0 Å². The van der Waals surface area contributed by atoms with E-state index in [9.17, 15) is 9.59 Å². The highest BCUT2D eigenvalue weighted by Gasteiger charge is 2.09. The van der Waals surface area contributed by atoms with Crippen LogP contribution in [0.2, 0.25) is 0 Å². The first-order chi connectivity index (χ1) is 13.2. The van der Waals surface area contributed by atoms with E-state index in [0.29, 0.717) is 29.8 Å². The normalized spacial score (nSPS) is 10.4. The summed E-state index contributed by atoms with van der Waals surface area (Å²) in [5.41, 5.74) is 2.20. The number of hydrogen-bond acceptors (Lipinski definition) is 4. The van der Waals surface area contributed by atoms with Gasteiger partial charge in [-0.2, -0.15) is 5.10 Å². The molecule has 27 heavy (non-hydrogen) atoms. The number of rotatable bonds is 8. The van der Waals surface area contributed by atoms with Crippen LogP contribution in [0.5, 0.6) is 5.75 Å². The van der Waals surface area contributed by atoms with Crippen molar-refractivity contribution < 1.29 is 14.3 Å². The Hall–Kier alpha value is -3.41. The summed E-state index contributed by atoms with van der Waals surface area (Å²) >= 11 is 0. The van der Waals surface area contributed by atoms with Crippen molar-refractivity contribution in [1.29, 1.82) is 0 Å². The van der Waals surface area contributed by atoms with E-state index < -0.39 is 0 Å². The molecule has 0 fully saturated rings. The predicted octanol–water partition coefficient (Wildman–Crippen LogP) is 3.87. The minimum Gasteiger partial charge on any atom is -0.497 e. The number of nitrogens with zero attached hydrogens (tertiary/aromatic N) is 2. The summed E-state index contributed by atoms with van der Waals surface area (Å²) in [4.78, 5) is 24.3. The summed E-state index contributed by atoms with van der Waals surface area (Å²) in [6.45, 7) is 0. The van der Waals surface area contributed by atoms with E-state index in [1.54, 1.807) is 42.3 Å². The molecule has 0 aliphatic heterocycles. The highest BCUT2D eigenvalue weighted by molar-refractivity contribution is 5.97. The lowest BCUT2D eigenvalue weighted by Crippen LogP contribution is -2.12. The van der Waals surface area contributed by atoms with E-state index in [2.05, 4.69) is 10.4 Å². The summed E-state index contributed by atoms with van der Waals surface area (Å²) in [6.07, 6.45) is 4.65. The summed E-state index contributed by atoms with van der Waals surface area (Å²) in [7, 11) is 1.58. The van der Waals surface area contributed by atoms with Gasteiger partial charge in [0.1, 0.15) is 5.75 Å². The molecule has 0 saturated carbocycles. The maximum absolute atomic E-state index is 12.2. The van der Waals surface area contributed by atoms with Crippen molar-refractivity contribution in [2.45, 2.75) is 19.3 Å². The van der Waals surface area contributed by atoms with E-state index >= 15 is 0 Å². The fourth-order valence-electron chi connectivity index (χ4n) is 2.70. The van der Waals surface area contributed by atoms with Gasteiger partial charge in [-0.3, -0.25) is 9.59 Å². The van der Waals surface area contributed by atoms with E-state index in [0.717, 1.165) is 5.69 Å². The second kappa shape index (κ2) is 8.80. The predicted molar refractivity (Wildman–Crippen MR) is 103 cm³/mol. The molecule has 0 atom stereocenters. The largest absolute Gasteiger partial charge is 0.497 e. The third kappa shape index (κ3) is 5.04. The number of aromatic nitrogens is 2. The number of ketones is 1. The van der Waals surface area contributed by atoms with Crippen LogP contribution in [0.15, 0.2) is 67.0 Å². The molecule has 1 amide bonds. The van der Waals surface area contributed by atoms with Crippen LogP contribution < -0.4 is 10.1 Å². The highest BCUT2D eigenvalue weighted by atomic mass is 16.5. The first-order valence-electron chi connectivity index (χ1n) is 8.73. The maximum Gasteiger partial charge on any atom is 0.224 e. The third-order valence-electron chi connectivity index (χ3n) is 4.12. The lowest BCUT2D eigenvalue weighted by atomic mass is 10.1. The molecule has 0 spiro atoms. The Balaban J connectivity index is 1.48. The smallest absolute Gasteiger partial charge is 0.224 e. The quantitative estimate of drug-likeness (QED) is 0.617. The van der Waals surface area contributed by atoms with Gasteiger partial charge in [0.2, 0.25) is 5.91 Å². The Morgan fingerprint density at radius 3 is 2.59 bits per heavy atom. The zero-order chi connectivity index (χ0) is 19.1. The molecule has 0 unspecified atom stereocenters. The van der Waals surface area contributed by atoms with E-state index in [-0.39, 0.29) is 18.1 Å². The van der Waals surface area contributed by atoms with Crippen LogP contribution in [0.3, 0.4) is 0 Å². The number of benzene rings is 2. The topological polar surface area (TPSA) is 73.2 Å². The number of methoxy groups -OCH3 is 1. The number of carbonyl (C=O) groups excluding carboxylic acids is 2. The van der Waals surface area contributed by atoms with Gasteiger partial charge in [-0.25, -0.2) is 4.68 Å². The fourth-order valence-corrected chi connectivity index (χ4v) is 2.70. The molecule has 1 aromatic heterocycles.